The van der Waals surface area contributed by atoms with Gasteiger partial charge in [-0.25, -0.2) is 4.79 Å². The number of benzene rings is 2. The van der Waals surface area contributed by atoms with Crippen molar-refractivity contribution in [1.82, 2.24) is 0 Å². The first kappa shape index (κ1) is 19.5. The van der Waals surface area contributed by atoms with Gasteiger partial charge in [-0.2, -0.15) is 0 Å². The molecule has 0 heterocycles. The van der Waals surface area contributed by atoms with Crippen molar-refractivity contribution >= 4 is 17.6 Å². The summed E-state index contributed by atoms with van der Waals surface area (Å²) in [6, 6.07) is 14.7. The summed E-state index contributed by atoms with van der Waals surface area (Å²) in [6.45, 7) is 7.54. The molecule has 1 N–H and O–H groups in total. The lowest BCUT2D eigenvalue weighted by Crippen LogP contribution is -2.31. The van der Waals surface area contributed by atoms with E-state index in [0.29, 0.717) is 17.4 Å². The van der Waals surface area contributed by atoms with E-state index in [4.69, 9.17) is 9.47 Å². The van der Waals surface area contributed by atoms with Gasteiger partial charge in [-0.15, -0.1) is 0 Å². The van der Waals surface area contributed by atoms with Crippen LogP contribution in [-0.4, -0.2) is 24.6 Å². The summed E-state index contributed by atoms with van der Waals surface area (Å²) in [4.78, 5) is 24.0. The van der Waals surface area contributed by atoms with E-state index in [0.717, 1.165) is 5.56 Å². The number of hydrogen-bond donors (Lipinski definition) is 1. The van der Waals surface area contributed by atoms with E-state index < -0.39 is 12.1 Å². The molecule has 2 rings (SSSR count). The van der Waals surface area contributed by atoms with Crippen LogP contribution in [0.5, 0.6) is 5.75 Å². The highest BCUT2D eigenvalue weighted by Crippen LogP contribution is 2.23. The number of esters is 1. The van der Waals surface area contributed by atoms with Crippen LogP contribution in [0.25, 0.3) is 0 Å². The van der Waals surface area contributed by atoms with Crippen molar-refractivity contribution < 1.29 is 19.1 Å². The van der Waals surface area contributed by atoms with E-state index in [1.165, 1.54) is 12.5 Å². The Morgan fingerprint density at radius 2 is 1.73 bits per heavy atom. The number of para-hydroxylation sites is 1. The largest absolute Gasteiger partial charge is 0.482 e. The van der Waals surface area contributed by atoms with Gasteiger partial charge in [0.15, 0.2) is 12.7 Å². The molecule has 1 amide bonds. The predicted molar refractivity (Wildman–Crippen MR) is 101 cm³/mol. The normalized spacial score (nSPS) is 11.7. The highest BCUT2D eigenvalue weighted by Gasteiger charge is 2.18. The van der Waals surface area contributed by atoms with Gasteiger partial charge in [0.25, 0.3) is 5.91 Å². The monoisotopic (exact) mass is 355 g/mol. The first-order chi connectivity index (χ1) is 12.4. The first-order valence-electron chi connectivity index (χ1n) is 8.65. The van der Waals surface area contributed by atoms with Crippen LogP contribution in [-0.2, 0) is 14.3 Å². The minimum absolute atomic E-state index is 0.247. The summed E-state index contributed by atoms with van der Waals surface area (Å²) < 4.78 is 10.6. The Morgan fingerprint density at radius 1 is 1.04 bits per heavy atom. The molecule has 5 nitrogen and oxygen atoms in total. The molecular weight excluding hydrogens is 330 g/mol. The quantitative estimate of drug-likeness (QED) is 0.761. The Hall–Kier alpha value is -2.82. The molecule has 1 atom stereocenters. The third-order valence-electron chi connectivity index (χ3n) is 3.94. The molecule has 2 aromatic carbocycles. The SMILES string of the molecule is Cc1cc(OCC(=O)O[C@H](C)C(=O)Nc2ccccc2)ccc1C(C)C. The molecule has 0 radical (unpaired) electrons. The van der Waals surface area contributed by atoms with Gasteiger partial charge in [0, 0.05) is 5.69 Å². The van der Waals surface area contributed by atoms with Gasteiger partial charge < -0.3 is 14.8 Å². The van der Waals surface area contributed by atoms with Crippen LogP contribution < -0.4 is 10.1 Å². The zero-order valence-electron chi connectivity index (χ0n) is 15.6. The molecule has 0 fully saturated rings. The second-order valence-corrected chi connectivity index (χ2v) is 6.45. The molecular formula is C21H25NO4. The van der Waals surface area contributed by atoms with Crippen LogP contribution in [0, 0.1) is 6.92 Å². The Bertz CT molecular complexity index is 756. The van der Waals surface area contributed by atoms with Crippen molar-refractivity contribution in [3.63, 3.8) is 0 Å². The number of rotatable bonds is 7. The number of anilines is 1. The van der Waals surface area contributed by atoms with Gasteiger partial charge in [-0.05, 0) is 55.2 Å². The number of nitrogens with one attached hydrogen (secondary N) is 1. The fraction of sp³-hybridized carbons (Fsp3) is 0.333. The number of carbonyl (C=O) groups is 2. The lowest BCUT2D eigenvalue weighted by Gasteiger charge is -2.15. The molecule has 0 aliphatic heterocycles. The third-order valence-corrected chi connectivity index (χ3v) is 3.94. The topological polar surface area (TPSA) is 64.6 Å². The van der Waals surface area contributed by atoms with E-state index in [1.54, 1.807) is 12.1 Å². The molecule has 0 unspecified atom stereocenters. The number of ether oxygens (including phenoxy) is 2. The molecule has 0 saturated heterocycles. The van der Waals surface area contributed by atoms with Crippen LogP contribution >= 0.6 is 0 Å². The molecule has 26 heavy (non-hydrogen) atoms. The van der Waals surface area contributed by atoms with Crippen LogP contribution in [0.15, 0.2) is 48.5 Å². The molecule has 0 bridgehead atoms. The average Bonchev–Trinajstić information content (AvgIpc) is 2.60. The predicted octanol–water partition coefficient (Wildman–Crippen LogP) is 4.07. The highest BCUT2D eigenvalue weighted by molar-refractivity contribution is 5.95. The van der Waals surface area contributed by atoms with Gasteiger partial charge in [0.2, 0.25) is 0 Å². The highest BCUT2D eigenvalue weighted by atomic mass is 16.6. The van der Waals surface area contributed by atoms with Gasteiger partial charge in [0.1, 0.15) is 5.75 Å². The molecule has 0 aliphatic rings. The summed E-state index contributed by atoms with van der Waals surface area (Å²) in [5.74, 6) is 0.0520. The average molecular weight is 355 g/mol. The lowest BCUT2D eigenvalue weighted by atomic mass is 9.98. The van der Waals surface area contributed by atoms with Crippen LogP contribution in [0.2, 0.25) is 0 Å². The molecule has 0 aliphatic carbocycles. The second-order valence-electron chi connectivity index (χ2n) is 6.45. The molecule has 0 aromatic heterocycles. The lowest BCUT2D eigenvalue weighted by molar-refractivity contribution is -0.155. The Morgan fingerprint density at radius 3 is 2.35 bits per heavy atom. The van der Waals surface area contributed by atoms with Crippen molar-refractivity contribution in [1.29, 1.82) is 0 Å². The van der Waals surface area contributed by atoms with Gasteiger partial charge >= 0.3 is 5.97 Å². The van der Waals surface area contributed by atoms with Gasteiger partial charge in [-0.3, -0.25) is 4.79 Å². The van der Waals surface area contributed by atoms with Crippen LogP contribution in [0.1, 0.15) is 37.8 Å². The molecule has 138 valence electrons. The standard InChI is InChI=1S/C21H25NO4/c1-14(2)19-11-10-18(12-15(19)3)25-13-20(23)26-16(4)21(24)22-17-8-6-5-7-9-17/h5-12,14,16H,13H2,1-4H3,(H,22,24)/t16-/m1/s1. The van der Waals surface area contributed by atoms with Gasteiger partial charge in [-0.1, -0.05) is 38.1 Å². The molecule has 5 heteroatoms. The number of amides is 1. The molecule has 0 spiro atoms. The summed E-state index contributed by atoms with van der Waals surface area (Å²) in [5, 5.41) is 2.69. The van der Waals surface area contributed by atoms with Crippen LogP contribution in [0.4, 0.5) is 5.69 Å². The molecule has 0 saturated carbocycles. The van der Waals surface area contributed by atoms with E-state index >= 15 is 0 Å². The summed E-state index contributed by atoms with van der Waals surface area (Å²) >= 11 is 0. The molecule has 2 aromatic rings. The summed E-state index contributed by atoms with van der Waals surface area (Å²) in [5.41, 5.74) is 3.00. The minimum Gasteiger partial charge on any atom is -0.482 e. The summed E-state index contributed by atoms with van der Waals surface area (Å²) in [6.07, 6.45) is -0.906. The fourth-order valence-electron chi connectivity index (χ4n) is 2.58. The Kier molecular flexibility index (Phi) is 6.78. The van der Waals surface area contributed by atoms with Crippen molar-refractivity contribution in [2.45, 2.75) is 39.7 Å². The third kappa shape index (κ3) is 5.62. The number of carbonyl (C=O) groups excluding carboxylic acids is 2. The number of hydrogen-bond acceptors (Lipinski definition) is 4. The number of aryl methyl sites for hydroxylation is 1. The van der Waals surface area contributed by atoms with E-state index in [9.17, 15) is 9.59 Å². The van der Waals surface area contributed by atoms with E-state index in [-0.39, 0.29) is 12.5 Å². The maximum atomic E-state index is 12.0. The van der Waals surface area contributed by atoms with E-state index in [1.807, 2.05) is 43.3 Å². The Balaban J connectivity index is 1.82. The second kappa shape index (κ2) is 9.04. The Labute approximate surface area is 154 Å². The van der Waals surface area contributed by atoms with Crippen molar-refractivity contribution in [2.24, 2.45) is 0 Å². The van der Waals surface area contributed by atoms with Crippen molar-refractivity contribution in [2.75, 3.05) is 11.9 Å². The maximum absolute atomic E-state index is 12.0. The van der Waals surface area contributed by atoms with Crippen molar-refractivity contribution in [3.05, 3.63) is 59.7 Å². The maximum Gasteiger partial charge on any atom is 0.344 e. The zero-order chi connectivity index (χ0) is 19.1. The zero-order valence-corrected chi connectivity index (χ0v) is 15.6. The fourth-order valence-corrected chi connectivity index (χ4v) is 2.58. The smallest absolute Gasteiger partial charge is 0.344 e. The first-order valence-corrected chi connectivity index (χ1v) is 8.65. The van der Waals surface area contributed by atoms with Gasteiger partial charge in [0.05, 0.1) is 0 Å². The van der Waals surface area contributed by atoms with E-state index in [2.05, 4.69) is 19.2 Å². The summed E-state index contributed by atoms with van der Waals surface area (Å²) in [7, 11) is 0. The minimum atomic E-state index is -0.906. The van der Waals surface area contributed by atoms with Crippen molar-refractivity contribution in [3.8, 4) is 5.75 Å². The van der Waals surface area contributed by atoms with Crippen LogP contribution in [0.3, 0.4) is 0 Å².